The summed E-state index contributed by atoms with van der Waals surface area (Å²) in [5.41, 5.74) is 9.75. The Morgan fingerprint density at radius 3 is 2.75 bits per heavy atom. The lowest BCUT2D eigenvalue weighted by molar-refractivity contribution is 0.305. The van der Waals surface area contributed by atoms with Gasteiger partial charge in [0, 0.05) is 5.56 Å². The molecular weight excluding hydrogens is 252 g/mol. The lowest BCUT2D eigenvalue weighted by Crippen LogP contribution is -2.13. The van der Waals surface area contributed by atoms with Crippen molar-refractivity contribution in [1.29, 1.82) is 0 Å². The second-order valence-corrected chi connectivity index (χ2v) is 4.73. The number of nitrogens with zero attached hydrogens (tertiary/aromatic N) is 1. The average molecular weight is 270 g/mol. The first-order valence-corrected chi connectivity index (χ1v) is 6.37. The average Bonchev–Trinajstić information content (AvgIpc) is 2.47. The van der Waals surface area contributed by atoms with Gasteiger partial charge in [-0.1, -0.05) is 41.1 Å². The van der Waals surface area contributed by atoms with Gasteiger partial charge in [-0.3, -0.25) is 0 Å². The predicted molar refractivity (Wildman–Crippen MR) is 79.2 cm³/mol. The first-order chi connectivity index (χ1) is 9.60. The summed E-state index contributed by atoms with van der Waals surface area (Å²) >= 11 is 0. The van der Waals surface area contributed by atoms with E-state index in [9.17, 15) is 0 Å². The monoisotopic (exact) mass is 270 g/mol. The SMILES string of the molecule is Cc1ccc(C)c(COc2cccc(C(N)=NO)c2)c1. The van der Waals surface area contributed by atoms with Crippen LogP contribution in [0.4, 0.5) is 0 Å². The maximum atomic E-state index is 8.68. The first-order valence-electron chi connectivity index (χ1n) is 6.37. The Morgan fingerprint density at radius 2 is 2.00 bits per heavy atom. The van der Waals surface area contributed by atoms with Crippen molar-refractivity contribution in [2.24, 2.45) is 10.9 Å². The number of hydrogen-bond donors (Lipinski definition) is 2. The van der Waals surface area contributed by atoms with E-state index in [1.165, 1.54) is 11.1 Å². The molecule has 0 radical (unpaired) electrons. The Hall–Kier alpha value is -2.49. The standard InChI is InChI=1S/C16H18N2O2/c1-11-6-7-12(2)14(8-11)10-20-15-5-3-4-13(9-15)16(17)18-19/h3-9,19H,10H2,1-2H3,(H2,17,18). The Labute approximate surface area is 118 Å². The number of amidine groups is 1. The number of nitrogens with two attached hydrogens (primary N) is 1. The summed E-state index contributed by atoms with van der Waals surface area (Å²) in [6.07, 6.45) is 0. The molecule has 0 spiro atoms. The van der Waals surface area contributed by atoms with Gasteiger partial charge in [0.2, 0.25) is 0 Å². The fourth-order valence-electron chi connectivity index (χ4n) is 1.92. The number of ether oxygens (including phenoxy) is 1. The second-order valence-electron chi connectivity index (χ2n) is 4.73. The van der Waals surface area contributed by atoms with Gasteiger partial charge < -0.3 is 15.7 Å². The Balaban J connectivity index is 2.13. The van der Waals surface area contributed by atoms with E-state index >= 15 is 0 Å². The molecule has 2 rings (SSSR count). The highest BCUT2D eigenvalue weighted by molar-refractivity contribution is 5.97. The number of benzene rings is 2. The van der Waals surface area contributed by atoms with E-state index in [-0.39, 0.29) is 5.84 Å². The summed E-state index contributed by atoms with van der Waals surface area (Å²) in [7, 11) is 0. The zero-order valence-electron chi connectivity index (χ0n) is 11.6. The molecule has 0 atom stereocenters. The van der Waals surface area contributed by atoms with E-state index < -0.39 is 0 Å². The van der Waals surface area contributed by atoms with Crippen molar-refractivity contribution >= 4 is 5.84 Å². The van der Waals surface area contributed by atoms with Crippen molar-refractivity contribution in [2.45, 2.75) is 20.5 Å². The molecule has 0 aromatic heterocycles. The third kappa shape index (κ3) is 3.29. The fourth-order valence-corrected chi connectivity index (χ4v) is 1.92. The summed E-state index contributed by atoms with van der Waals surface area (Å²) in [5.74, 6) is 0.761. The van der Waals surface area contributed by atoms with Crippen LogP contribution in [0.2, 0.25) is 0 Å². The summed E-state index contributed by atoms with van der Waals surface area (Å²) < 4.78 is 5.77. The normalized spacial score (nSPS) is 11.4. The number of oxime groups is 1. The molecule has 0 amide bonds. The smallest absolute Gasteiger partial charge is 0.170 e. The minimum atomic E-state index is 0.0715. The van der Waals surface area contributed by atoms with Gasteiger partial charge >= 0.3 is 0 Å². The number of rotatable bonds is 4. The highest BCUT2D eigenvalue weighted by atomic mass is 16.5. The molecular formula is C16H18N2O2. The molecule has 0 heterocycles. The van der Waals surface area contributed by atoms with Crippen LogP contribution in [0.15, 0.2) is 47.6 Å². The first kappa shape index (κ1) is 13.9. The molecule has 0 aliphatic carbocycles. The molecule has 0 saturated carbocycles. The highest BCUT2D eigenvalue weighted by Crippen LogP contribution is 2.17. The van der Waals surface area contributed by atoms with Crippen LogP contribution >= 0.6 is 0 Å². The van der Waals surface area contributed by atoms with Gasteiger partial charge in [-0.05, 0) is 37.1 Å². The van der Waals surface area contributed by atoms with Crippen LogP contribution in [0.3, 0.4) is 0 Å². The summed E-state index contributed by atoms with van der Waals surface area (Å²) in [5, 5.41) is 11.7. The highest BCUT2D eigenvalue weighted by Gasteiger charge is 2.03. The van der Waals surface area contributed by atoms with E-state index in [0.717, 1.165) is 5.56 Å². The maximum Gasteiger partial charge on any atom is 0.170 e. The van der Waals surface area contributed by atoms with Crippen molar-refractivity contribution in [1.82, 2.24) is 0 Å². The van der Waals surface area contributed by atoms with Gasteiger partial charge in [-0.15, -0.1) is 0 Å². The molecule has 20 heavy (non-hydrogen) atoms. The van der Waals surface area contributed by atoms with Crippen molar-refractivity contribution in [2.75, 3.05) is 0 Å². The predicted octanol–water partition coefficient (Wildman–Crippen LogP) is 2.98. The van der Waals surface area contributed by atoms with E-state index in [1.54, 1.807) is 12.1 Å². The zero-order chi connectivity index (χ0) is 14.5. The number of aryl methyl sites for hydroxylation is 2. The quantitative estimate of drug-likeness (QED) is 0.388. The van der Waals surface area contributed by atoms with Crippen LogP contribution in [0, 0.1) is 13.8 Å². The Kier molecular flexibility index (Phi) is 4.25. The van der Waals surface area contributed by atoms with Crippen molar-refractivity contribution in [3.05, 3.63) is 64.7 Å². The van der Waals surface area contributed by atoms with Gasteiger partial charge in [0.15, 0.2) is 5.84 Å². The van der Waals surface area contributed by atoms with Crippen LogP contribution in [0.1, 0.15) is 22.3 Å². The molecule has 4 heteroatoms. The van der Waals surface area contributed by atoms with Gasteiger partial charge in [0.05, 0.1) is 0 Å². The van der Waals surface area contributed by atoms with Gasteiger partial charge in [0.1, 0.15) is 12.4 Å². The minimum absolute atomic E-state index is 0.0715. The molecule has 0 bridgehead atoms. The molecule has 0 aliphatic rings. The third-order valence-corrected chi connectivity index (χ3v) is 3.14. The maximum absolute atomic E-state index is 8.68. The second kappa shape index (κ2) is 6.10. The van der Waals surface area contributed by atoms with Crippen molar-refractivity contribution in [3.63, 3.8) is 0 Å². The van der Waals surface area contributed by atoms with Gasteiger partial charge in [-0.2, -0.15) is 0 Å². The Morgan fingerprint density at radius 1 is 1.20 bits per heavy atom. The lowest BCUT2D eigenvalue weighted by Gasteiger charge is -2.10. The largest absolute Gasteiger partial charge is 0.489 e. The van der Waals surface area contributed by atoms with Crippen LogP contribution in [0.5, 0.6) is 5.75 Å². The molecule has 104 valence electrons. The van der Waals surface area contributed by atoms with E-state index in [4.69, 9.17) is 15.7 Å². The molecule has 2 aromatic carbocycles. The summed E-state index contributed by atoms with van der Waals surface area (Å²) in [6, 6.07) is 13.5. The van der Waals surface area contributed by atoms with Gasteiger partial charge in [-0.25, -0.2) is 0 Å². The lowest BCUT2D eigenvalue weighted by atomic mass is 10.1. The van der Waals surface area contributed by atoms with Crippen molar-refractivity contribution < 1.29 is 9.94 Å². The molecule has 0 aliphatic heterocycles. The molecule has 0 fully saturated rings. The van der Waals surface area contributed by atoms with Crippen LogP contribution in [0.25, 0.3) is 0 Å². The third-order valence-electron chi connectivity index (χ3n) is 3.14. The molecule has 2 aromatic rings. The minimum Gasteiger partial charge on any atom is -0.489 e. The van der Waals surface area contributed by atoms with Crippen LogP contribution in [-0.2, 0) is 6.61 Å². The molecule has 4 nitrogen and oxygen atoms in total. The topological polar surface area (TPSA) is 67.8 Å². The summed E-state index contributed by atoms with van der Waals surface area (Å²) in [4.78, 5) is 0. The van der Waals surface area contributed by atoms with E-state index in [2.05, 4.69) is 37.2 Å². The van der Waals surface area contributed by atoms with Gasteiger partial charge in [0.25, 0.3) is 0 Å². The number of hydrogen-bond acceptors (Lipinski definition) is 3. The Bertz CT molecular complexity index is 636. The van der Waals surface area contributed by atoms with Crippen molar-refractivity contribution in [3.8, 4) is 5.75 Å². The summed E-state index contributed by atoms with van der Waals surface area (Å²) in [6.45, 7) is 4.61. The van der Waals surface area contributed by atoms with E-state index in [1.807, 2.05) is 12.1 Å². The van der Waals surface area contributed by atoms with Crippen LogP contribution < -0.4 is 10.5 Å². The molecule has 0 unspecified atom stereocenters. The zero-order valence-corrected chi connectivity index (χ0v) is 11.6. The van der Waals surface area contributed by atoms with E-state index in [0.29, 0.717) is 17.9 Å². The van der Waals surface area contributed by atoms with Crippen LogP contribution in [-0.4, -0.2) is 11.0 Å². The fraction of sp³-hybridized carbons (Fsp3) is 0.188. The molecule has 3 N–H and O–H groups in total. The molecule has 0 saturated heterocycles.